The Labute approximate surface area is 195 Å². The van der Waals surface area contributed by atoms with Crippen LogP contribution in [0.5, 0.6) is 17.2 Å². The Morgan fingerprint density at radius 3 is 2.21 bits per heavy atom. The molecule has 1 N–H and O–H groups in total. The van der Waals surface area contributed by atoms with Crippen molar-refractivity contribution in [2.24, 2.45) is 0 Å². The SMILES string of the molecule is COc1cc(OC)c(CNC(=O)Cc2c(C)nn(-c3cccc(C(F)(F)F)c3)c2C)c(OC)c1. The summed E-state index contributed by atoms with van der Waals surface area (Å²) in [6, 6.07) is 8.29. The average Bonchev–Trinajstić information content (AvgIpc) is 3.09. The van der Waals surface area contributed by atoms with E-state index in [-0.39, 0.29) is 24.6 Å². The van der Waals surface area contributed by atoms with Crippen LogP contribution in [0.3, 0.4) is 0 Å². The van der Waals surface area contributed by atoms with Gasteiger partial charge in [0.25, 0.3) is 0 Å². The van der Waals surface area contributed by atoms with E-state index in [2.05, 4.69) is 10.4 Å². The number of carbonyl (C=O) groups excluding carboxylic acids is 1. The van der Waals surface area contributed by atoms with E-state index in [1.54, 1.807) is 32.0 Å². The first kappa shape index (κ1) is 24.9. The number of hydrogen-bond acceptors (Lipinski definition) is 5. The smallest absolute Gasteiger partial charge is 0.416 e. The number of alkyl halides is 3. The molecule has 1 aromatic heterocycles. The third-order valence-corrected chi connectivity index (χ3v) is 5.48. The van der Waals surface area contributed by atoms with Crippen molar-refractivity contribution in [1.29, 1.82) is 0 Å². The molecule has 3 aromatic rings. The monoisotopic (exact) mass is 477 g/mol. The summed E-state index contributed by atoms with van der Waals surface area (Å²) in [5, 5.41) is 7.21. The summed E-state index contributed by atoms with van der Waals surface area (Å²) in [5.41, 5.74) is 1.95. The van der Waals surface area contributed by atoms with Gasteiger partial charge in [-0.05, 0) is 32.0 Å². The minimum Gasteiger partial charge on any atom is -0.496 e. The van der Waals surface area contributed by atoms with Gasteiger partial charge in [0.1, 0.15) is 17.2 Å². The maximum Gasteiger partial charge on any atom is 0.416 e. The Morgan fingerprint density at radius 2 is 1.65 bits per heavy atom. The number of carbonyl (C=O) groups is 1. The van der Waals surface area contributed by atoms with Crippen molar-refractivity contribution in [2.45, 2.75) is 33.0 Å². The first-order chi connectivity index (χ1) is 16.1. The summed E-state index contributed by atoms with van der Waals surface area (Å²) in [7, 11) is 4.54. The third kappa shape index (κ3) is 5.27. The predicted octanol–water partition coefficient (Wildman–Crippen LogP) is 4.39. The second kappa shape index (κ2) is 10.1. The number of rotatable bonds is 8. The van der Waals surface area contributed by atoms with Crippen LogP contribution < -0.4 is 19.5 Å². The molecule has 0 atom stereocenters. The quantitative estimate of drug-likeness (QED) is 0.521. The lowest BCUT2D eigenvalue weighted by Gasteiger charge is -2.15. The van der Waals surface area contributed by atoms with Gasteiger partial charge in [0, 0.05) is 23.4 Å². The zero-order valence-electron chi connectivity index (χ0n) is 19.5. The molecule has 1 heterocycles. The number of aromatic nitrogens is 2. The van der Waals surface area contributed by atoms with Gasteiger partial charge >= 0.3 is 6.18 Å². The van der Waals surface area contributed by atoms with Gasteiger partial charge in [-0.25, -0.2) is 4.68 Å². The normalized spacial score (nSPS) is 11.3. The maximum absolute atomic E-state index is 13.1. The van der Waals surface area contributed by atoms with Crippen molar-refractivity contribution in [1.82, 2.24) is 15.1 Å². The fourth-order valence-electron chi connectivity index (χ4n) is 3.66. The van der Waals surface area contributed by atoms with Crippen molar-refractivity contribution in [3.05, 3.63) is 64.5 Å². The maximum atomic E-state index is 13.1. The van der Waals surface area contributed by atoms with Gasteiger partial charge in [-0.15, -0.1) is 0 Å². The first-order valence-corrected chi connectivity index (χ1v) is 10.4. The van der Waals surface area contributed by atoms with Crippen LogP contribution in [-0.4, -0.2) is 37.0 Å². The van der Waals surface area contributed by atoms with Gasteiger partial charge < -0.3 is 19.5 Å². The topological polar surface area (TPSA) is 74.6 Å². The summed E-state index contributed by atoms with van der Waals surface area (Å²) in [5.74, 6) is 1.27. The standard InChI is InChI=1S/C24H26F3N3O4/c1-14-19(15(2)30(29-14)17-8-6-7-16(9-17)24(25,26)27)12-23(31)28-13-20-21(33-4)10-18(32-3)11-22(20)34-5/h6-11H,12-13H2,1-5H3,(H,28,31). The van der Waals surface area contributed by atoms with Gasteiger partial charge in [0.05, 0.1) is 56.8 Å². The van der Waals surface area contributed by atoms with Gasteiger partial charge in [-0.1, -0.05) is 6.07 Å². The molecule has 1 amide bonds. The van der Waals surface area contributed by atoms with Crippen LogP contribution in [0.4, 0.5) is 13.2 Å². The molecule has 3 rings (SSSR count). The van der Waals surface area contributed by atoms with Gasteiger partial charge in [0.2, 0.25) is 5.91 Å². The van der Waals surface area contributed by atoms with Gasteiger partial charge in [0.15, 0.2) is 0 Å². The minimum absolute atomic E-state index is 0.0113. The third-order valence-electron chi connectivity index (χ3n) is 5.48. The summed E-state index contributed by atoms with van der Waals surface area (Å²) < 4.78 is 56.8. The molecule has 0 aliphatic heterocycles. The van der Waals surface area contributed by atoms with Crippen LogP contribution in [-0.2, 0) is 23.9 Å². The molecule has 0 aliphatic carbocycles. The lowest BCUT2D eigenvalue weighted by atomic mass is 10.1. The number of nitrogens with zero attached hydrogens (tertiary/aromatic N) is 2. The largest absolute Gasteiger partial charge is 0.496 e. The van der Waals surface area contributed by atoms with E-state index in [1.807, 2.05) is 0 Å². The van der Waals surface area contributed by atoms with E-state index >= 15 is 0 Å². The van der Waals surface area contributed by atoms with Crippen molar-refractivity contribution in [3.8, 4) is 22.9 Å². The Morgan fingerprint density at radius 1 is 1.00 bits per heavy atom. The number of amides is 1. The van der Waals surface area contributed by atoms with E-state index in [1.165, 1.54) is 32.1 Å². The first-order valence-electron chi connectivity index (χ1n) is 10.4. The van der Waals surface area contributed by atoms with Crippen molar-refractivity contribution < 1.29 is 32.2 Å². The number of benzene rings is 2. The molecular weight excluding hydrogens is 451 g/mol. The Bertz CT molecular complexity index is 1160. The lowest BCUT2D eigenvalue weighted by Crippen LogP contribution is -2.25. The summed E-state index contributed by atoms with van der Waals surface area (Å²) >= 11 is 0. The molecule has 0 radical (unpaired) electrons. The molecule has 0 bridgehead atoms. The van der Waals surface area contributed by atoms with Crippen LogP contribution in [0.15, 0.2) is 36.4 Å². The highest BCUT2D eigenvalue weighted by Crippen LogP contribution is 2.34. The molecule has 0 unspecified atom stereocenters. The van der Waals surface area contributed by atoms with Crippen molar-refractivity contribution in [3.63, 3.8) is 0 Å². The van der Waals surface area contributed by atoms with Crippen LogP contribution in [0.25, 0.3) is 5.69 Å². The van der Waals surface area contributed by atoms with Crippen LogP contribution in [0.2, 0.25) is 0 Å². The fourth-order valence-corrected chi connectivity index (χ4v) is 3.66. The molecule has 182 valence electrons. The number of hydrogen-bond donors (Lipinski definition) is 1. The summed E-state index contributed by atoms with van der Waals surface area (Å²) in [4.78, 5) is 12.7. The van der Waals surface area contributed by atoms with Gasteiger partial charge in [-0.2, -0.15) is 18.3 Å². The zero-order chi connectivity index (χ0) is 25.0. The predicted molar refractivity (Wildman–Crippen MR) is 120 cm³/mol. The Balaban J connectivity index is 1.79. The fraction of sp³-hybridized carbons (Fsp3) is 0.333. The van der Waals surface area contributed by atoms with Crippen LogP contribution >= 0.6 is 0 Å². The minimum atomic E-state index is -4.46. The van der Waals surface area contributed by atoms with Crippen molar-refractivity contribution in [2.75, 3.05) is 21.3 Å². The lowest BCUT2D eigenvalue weighted by molar-refractivity contribution is -0.137. The van der Waals surface area contributed by atoms with Crippen LogP contribution in [0.1, 0.15) is 28.1 Å². The number of methoxy groups -OCH3 is 3. The van der Waals surface area contributed by atoms with E-state index in [9.17, 15) is 18.0 Å². The average molecular weight is 477 g/mol. The van der Waals surface area contributed by atoms with E-state index in [0.717, 1.165) is 12.1 Å². The molecule has 0 spiro atoms. The molecule has 0 saturated heterocycles. The highest BCUT2D eigenvalue weighted by molar-refractivity contribution is 5.79. The van der Waals surface area contributed by atoms with E-state index < -0.39 is 11.7 Å². The Hall–Kier alpha value is -3.69. The molecule has 10 heteroatoms. The molecule has 0 fully saturated rings. The molecule has 0 aliphatic rings. The van der Waals surface area contributed by atoms with Crippen LogP contribution in [0, 0.1) is 13.8 Å². The van der Waals surface area contributed by atoms with E-state index in [0.29, 0.717) is 39.8 Å². The Kier molecular flexibility index (Phi) is 7.38. The summed E-state index contributed by atoms with van der Waals surface area (Å²) in [6.07, 6.45) is -4.45. The second-order valence-corrected chi connectivity index (χ2v) is 7.57. The van der Waals surface area contributed by atoms with E-state index in [4.69, 9.17) is 14.2 Å². The number of ether oxygens (including phenoxy) is 3. The highest BCUT2D eigenvalue weighted by Gasteiger charge is 2.31. The molecule has 7 nitrogen and oxygen atoms in total. The van der Waals surface area contributed by atoms with Gasteiger partial charge in [-0.3, -0.25) is 4.79 Å². The number of halogens is 3. The molecular formula is C24H26F3N3O4. The number of aryl methyl sites for hydroxylation is 1. The summed E-state index contributed by atoms with van der Waals surface area (Å²) in [6.45, 7) is 3.59. The number of nitrogens with one attached hydrogen (secondary N) is 1. The second-order valence-electron chi connectivity index (χ2n) is 7.57. The highest BCUT2D eigenvalue weighted by atomic mass is 19.4. The molecule has 0 saturated carbocycles. The zero-order valence-corrected chi connectivity index (χ0v) is 19.5. The molecule has 2 aromatic carbocycles. The molecule has 34 heavy (non-hydrogen) atoms. The van der Waals surface area contributed by atoms with Crippen molar-refractivity contribution >= 4 is 5.91 Å².